The van der Waals surface area contributed by atoms with Crippen LogP contribution in [0.4, 0.5) is 28.7 Å². The summed E-state index contributed by atoms with van der Waals surface area (Å²) in [5.74, 6) is -2.30. The molecule has 10 rings (SSSR count). The van der Waals surface area contributed by atoms with Crippen molar-refractivity contribution < 1.29 is 81.8 Å². The average molecular weight is 1560 g/mol. The molecule has 0 fully saturated rings. The number of guanidine groups is 1. The molecule has 2 aromatic heterocycles. The fraction of sp³-hybridized carbons (Fsp3) is 0.347. The van der Waals surface area contributed by atoms with E-state index in [1.54, 1.807) is 49.2 Å². The highest BCUT2D eigenvalue weighted by Crippen LogP contribution is 2.46. The molecule has 5 atom stereocenters. The largest absolute Gasteiger partial charge is 0.507 e. The predicted molar refractivity (Wildman–Crippen MR) is 405 cm³/mol. The number of alkyl halides is 1. The van der Waals surface area contributed by atoms with Crippen LogP contribution in [0, 0.1) is 17.2 Å². The van der Waals surface area contributed by atoms with E-state index >= 15 is 0 Å². The van der Waals surface area contributed by atoms with Crippen molar-refractivity contribution in [1.82, 2.24) is 35.9 Å². The molecular formula is C75H79ClN14O18S2. The number of nitrogens with zero attached hydrogens (tertiary/aromatic N) is 4. The standard InChI is InChI=1S/C71H79ClN14O10S2.4CO2/c1-39(28-51(87)8-3-6-12-58(88)42-16-13-41(14-17-42)15-19-50-37-78-64-63(80-50)68(95)85-71(75)84-64)66(93)83-55(11-7-24-77-70(73)74)60(90)29-40(2)65(92)76-25-27-98-97-26-23-61(91)79-48-20-18-43-30-46(31-44(43)32-48)67(94)81-49-21-22-54-45(33-49)34-56(82-54)69(96)86-38-47(36-72)62-53-10-5-4-9-52(53)59(89)35-57(62)86;4*2-1-3/h4-5,9-10,13-14,16-18,20-22,31-33,35,37,39-40,47,55-56,82,89H,3,6-8,11-12,15,19,23-30,34,36,38H2,1-2H3,(H,76,92)(H,79,91)(H,81,94)(H,83,93)(H4,73,74,77)(H3,75,78,84,85,95);;;;/t39-,40-,47?,55+,56?;;;;/m1..../s1. The Bertz CT molecular complexity index is 4720. The molecule has 0 spiro atoms. The molecule has 0 saturated carbocycles. The predicted octanol–water partition coefficient (Wildman–Crippen LogP) is 6.10. The maximum atomic E-state index is 14.1. The minimum absolute atomic E-state index is 0.0358. The second-order valence-electron chi connectivity index (χ2n) is 25.3. The third-order valence-corrected chi connectivity index (χ3v) is 20.4. The molecule has 576 valence electrons. The highest BCUT2D eigenvalue weighted by atomic mass is 35.5. The number of rotatable bonds is 33. The number of fused-ring (bicyclic) bond motifs is 6. The summed E-state index contributed by atoms with van der Waals surface area (Å²) in [7, 11) is 2.98. The van der Waals surface area contributed by atoms with Crippen LogP contribution in [0.15, 0.2) is 108 Å². The van der Waals surface area contributed by atoms with Gasteiger partial charge in [-0.1, -0.05) is 90.0 Å². The Morgan fingerprint density at radius 1 is 0.745 bits per heavy atom. The molecule has 32 nitrogen and oxygen atoms in total. The van der Waals surface area contributed by atoms with Crippen molar-refractivity contribution in [2.45, 2.75) is 115 Å². The molecule has 4 heterocycles. The topological polar surface area (TPSA) is 516 Å². The summed E-state index contributed by atoms with van der Waals surface area (Å²) in [6, 6.07) is 26.1. The van der Waals surface area contributed by atoms with Crippen LogP contribution < -0.4 is 53.8 Å². The van der Waals surface area contributed by atoms with Crippen molar-refractivity contribution in [3.63, 3.8) is 0 Å². The fourth-order valence-electron chi connectivity index (χ4n) is 12.4. The van der Waals surface area contributed by atoms with Crippen LogP contribution in [0.25, 0.3) is 28.0 Å². The van der Waals surface area contributed by atoms with Crippen molar-refractivity contribution in [1.29, 1.82) is 5.41 Å². The van der Waals surface area contributed by atoms with Crippen LogP contribution >= 0.6 is 33.2 Å². The highest BCUT2D eigenvalue weighted by molar-refractivity contribution is 8.76. The normalized spacial score (nSPS) is 13.8. The number of nitrogens with one attached hydrogen (secondary N) is 8. The molecule has 110 heavy (non-hydrogen) atoms. The number of nitrogen functional groups attached to an aromatic ring is 1. The van der Waals surface area contributed by atoms with E-state index in [-0.39, 0.29) is 145 Å². The Morgan fingerprint density at radius 2 is 1.41 bits per heavy atom. The van der Waals surface area contributed by atoms with Crippen LogP contribution in [0.3, 0.4) is 0 Å². The van der Waals surface area contributed by atoms with Gasteiger partial charge in [-0.2, -0.15) is 43.3 Å². The molecule has 5 amide bonds. The number of phenolic OH excluding ortho intramolecular Hbond substituents is 1. The number of ketones is 3. The van der Waals surface area contributed by atoms with Gasteiger partial charge in [-0.25, -0.2) is 9.97 Å². The maximum absolute atomic E-state index is 14.1. The van der Waals surface area contributed by atoms with Crippen molar-refractivity contribution in [2.24, 2.45) is 17.6 Å². The van der Waals surface area contributed by atoms with Crippen LogP contribution in [-0.2, 0) is 97.6 Å². The summed E-state index contributed by atoms with van der Waals surface area (Å²) in [6.07, 6.45) is 8.26. The Kier molecular flexibility index (Phi) is 34.9. The van der Waals surface area contributed by atoms with Gasteiger partial charge in [0.15, 0.2) is 28.7 Å². The molecule has 1 aliphatic carbocycles. The summed E-state index contributed by atoms with van der Waals surface area (Å²) in [6.45, 7) is 4.24. The Morgan fingerprint density at radius 3 is 2.11 bits per heavy atom. The first-order valence-electron chi connectivity index (χ1n) is 34.4. The number of H-pyrrole nitrogens is 1. The van der Waals surface area contributed by atoms with Gasteiger partial charge in [0.05, 0.1) is 23.6 Å². The number of aromatic nitrogens is 4. The zero-order valence-corrected chi connectivity index (χ0v) is 62.1. The quantitative estimate of drug-likeness (QED) is 0.00553. The molecule has 0 radical (unpaired) electrons. The summed E-state index contributed by atoms with van der Waals surface area (Å²) < 4.78 is 0. The van der Waals surface area contributed by atoms with Gasteiger partial charge in [0.25, 0.3) is 11.5 Å². The number of aromatic hydroxyl groups is 1. The average Bonchev–Trinajstić information content (AvgIpc) is 1.58. The number of phenols is 1. The van der Waals surface area contributed by atoms with E-state index in [1.807, 2.05) is 72.8 Å². The smallest absolute Gasteiger partial charge is 0.373 e. The number of carbonyl (C=O) groups excluding carboxylic acids is 16. The highest BCUT2D eigenvalue weighted by Gasteiger charge is 2.39. The summed E-state index contributed by atoms with van der Waals surface area (Å²) >= 11 is 6.44. The lowest BCUT2D eigenvalue weighted by molar-refractivity contribution is -0.193. The number of hydrogen-bond acceptors (Lipinski definition) is 26. The monoisotopic (exact) mass is 1560 g/mol. The van der Waals surface area contributed by atoms with Crippen molar-refractivity contribution in [3.8, 4) is 5.75 Å². The molecule has 2 aliphatic heterocycles. The van der Waals surface area contributed by atoms with Crippen LogP contribution in [0.2, 0.25) is 0 Å². The molecule has 7 aromatic rings. The number of nitrogens with two attached hydrogens (primary N) is 2. The van der Waals surface area contributed by atoms with Gasteiger partial charge in [-0.15, -0.1) is 11.6 Å². The van der Waals surface area contributed by atoms with Crippen molar-refractivity contribution >= 4 is 167 Å². The lowest BCUT2D eigenvalue weighted by atomic mass is 9.95. The molecular weight excluding hydrogens is 1480 g/mol. The van der Waals surface area contributed by atoms with Gasteiger partial charge in [0.2, 0.25) is 29.6 Å². The van der Waals surface area contributed by atoms with Gasteiger partial charge in [0, 0.05) is 139 Å². The van der Waals surface area contributed by atoms with Gasteiger partial charge in [0.1, 0.15) is 17.6 Å². The number of unbranched alkanes of at least 4 members (excludes halogenated alkanes) is 1. The molecule has 5 aromatic carbocycles. The number of amides is 5. The Balaban J connectivity index is 0.00000148. The van der Waals surface area contributed by atoms with E-state index in [2.05, 4.69) is 51.8 Å². The lowest BCUT2D eigenvalue weighted by Crippen LogP contribution is -2.45. The molecule has 3 aliphatic rings. The number of anilines is 5. The third kappa shape index (κ3) is 25.8. The van der Waals surface area contributed by atoms with Crippen LogP contribution in [0.5, 0.6) is 5.75 Å². The third-order valence-electron chi connectivity index (χ3n) is 17.6. The van der Waals surface area contributed by atoms with E-state index in [9.17, 15) is 48.3 Å². The first kappa shape index (κ1) is 86.8. The molecule has 2 unspecified atom stereocenters. The SMILES string of the molecule is C[C@H](CC(=O)[C@H](CCCNC(=N)N)NC(=O)[C@H](C)CC(=O)CCCCC(=O)c1ccc(CCc2cnc3nc(N)[nH]c(=O)c3n2)cc1)C(=O)NCCSSCCC(=O)Nc1ccc2c(c1)C=C(C(=O)Nc1ccc3c(c1)CC(C(=O)N1CC(CCl)c4c1cc(O)c1ccccc41)N3)C2.O=C=O.O=C=O.O=C=O.O=C=O. The summed E-state index contributed by atoms with van der Waals surface area (Å²) in [4.78, 5) is 201. The zero-order valence-electron chi connectivity index (χ0n) is 59.7. The van der Waals surface area contributed by atoms with E-state index in [4.69, 9.17) is 66.8 Å². The summed E-state index contributed by atoms with van der Waals surface area (Å²) in [5.41, 5.74) is 19.8. The number of halogens is 1. The number of hydrogen-bond donors (Lipinski definition) is 11. The van der Waals surface area contributed by atoms with E-state index in [0.29, 0.717) is 109 Å². The minimum Gasteiger partial charge on any atom is -0.507 e. The Labute approximate surface area is 641 Å². The van der Waals surface area contributed by atoms with E-state index < -0.39 is 35.4 Å². The molecule has 13 N–H and O–H groups in total. The summed E-state index contributed by atoms with van der Waals surface area (Å²) in [5, 5.41) is 37.7. The zero-order chi connectivity index (χ0) is 80.4. The second-order valence-corrected chi connectivity index (χ2v) is 28.3. The van der Waals surface area contributed by atoms with Crippen molar-refractivity contribution in [3.05, 3.63) is 152 Å². The number of carbonyl (C=O) groups is 8. The number of aromatic amines is 1. The molecule has 0 saturated heterocycles. The first-order chi connectivity index (χ1) is 52.8. The van der Waals surface area contributed by atoms with Gasteiger partial charge >= 0.3 is 24.6 Å². The fourth-order valence-corrected chi connectivity index (χ4v) is 14.5. The van der Waals surface area contributed by atoms with Crippen molar-refractivity contribution in [2.75, 3.05) is 63.6 Å². The van der Waals surface area contributed by atoms with Crippen LogP contribution in [-0.4, -0.2) is 152 Å². The lowest BCUT2D eigenvalue weighted by Gasteiger charge is -2.22. The maximum Gasteiger partial charge on any atom is 0.373 e. The number of aryl methyl sites for hydroxylation is 2. The number of Topliss-reactive ketones (excluding diaryl/α,β-unsaturated/α-hetero) is 3. The van der Waals surface area contributed by atoms with Gasteiger partial charge in [-0.3, -0.25) is 53.5 Å². The molecule has 0 bridgehead atoms. The Hall–Kier alpha value is -12.1. The molecule has 35 heteroatoms. The van der Waals surface area contributed by atoms with Gasteiger partial charge < -0.3 is 53.4 Å². The second kappa shape index (κ2) is 44.2. The van der Waals surface area contributed by atoms with Gasteiger partial charge in [-0.05, 0) is 108 Å². The van der Waals surface area contributed by atoms with Crippen LogP contribution in [0.1, 0.15) is 121 Å². The van der Waals surface area contributed by atoms with E-state index in [1.165, 1.54) is 21.6 Å². The minimum atomic E-state index is -0.949. The number of benzene rings is 5. The van der Waals surface area contributed by atoms with E-state index in [0.717, 1.165) is 44.3 Å². The first-order valence-corrected chi connectivity index (χ1v) is 37.4.